The number of likely N-dealkylation sites (N-methyl/N-ethyl adjacent to an activating group) is 1. The van der Waals surface area contributed by atoms with Gasteiger partial charge in [-0.3, -0.25) is 4.79 Å². The predicted molar refractivity (Wildman–Crippen MR) is 102 cm³/mol. The molecular formula is C19H25ClN4O2. The molecule has 2 aromatic rings. The van der Waals surface area contributed by atoms with Gasteiger partial charge in [0.15, 0.2) is 5.60 Å². The second-order valence-corrected chi connectivity index (χ2v) is 7.13. The molecule has 6 nitrogen and oxygen atoms in total. The van der Waals surface area contributed by atoms with Gasteiger partial charge in [0.1, 0.15) is 11.6 Å². The summed E-state index contributed by atoms with van der Waals surface area (Å²) in [6.07, 6.45) is 4.99. The number of halogens is 1. The molecule has 0 unspecified atom stereocenters. The van der Waals surface area contributed by atoms with Crippen molar-refractivity contribution < 1.29 is 9.53 Å². The van der Waals surface area contributed by atoms with Crippen LogP contribution in [0.1, 0.15) is 18.7 Å². The van der Waals surface area contributed by atoms with Crippen LogP contribution in [-0.4, -0.2) is 52.6 Å². The van der Waals surface area contributed by atoms with Crippen LogP contribution >= 0.6 is 11.6 Å². The SMILES string of the molecule is Cc1nccn1CCN(C)C(=O)C1(Oc2ccc(Cl)cc2)CCNCC1. The Morgan fingerprint density at radius 2 is 2.04 bits per heavy atom. The summed E-state index contributed by atoms with van der Waals surface area (Å²) in [5.41, 5.74) is -0.836. The highest BCUT2D eigenvalue weighted by atomic mass is 35.5. The molecule has 0 atom stereocenters. The average Bonchev–Trinajstić information content (AvgIpc) is 3.06. The van der Waals surface area contributed by atoms with Crippen molar-refractivity contribution in [1.29, 1.82) is 0 Å². The van der Waals surface area contributed by atoms with Crippen molar-refractivity contribution in [2.45, 2.75) is 31.9 Å². The summed E-state index contributed by atoms with van der Waals surface area (Å²) in [6.45, 7) is 4.79. The number of nitrogens with zero attached hydrogens (tertiary/aromatic N) is 3. The minimum absolute atomic E-state index is 0.0201. The zero-order valence-electron chi connectivity index (χ0n) is 15.2. The maximum Gasteiger partial charge on any atom is 0.266 e. The Hall–Kier alpha value is -2.05. The van der Waals surface area contributed by atoms with Crippen LogP contribution in [0, 0.1) is 6.92 Å². The van der Waals surface area contributed by atoms with Gasteiger partial charge in [0, 0.05) is 50.4 Å². The summed E-state index contributed by atoms with van der Waals surface area (Å²) in [4.78, 5) is 19.2. The largest absolute Gasteiger partial charge is 0.477 e. The smallest absolute Gasteiger partial charge is 0.266 e. The number of rotatable bonds is 6. The molecule has 0 spiro atoms. The van der Waals surface area contributed by atoms with Gasteiger partial charge in [0.05, 0.1) is 0 Å². The van der Waals surface area contributed by atoms with E-state index in [9.17, 15) is 4.79 Å². The van der Waals surface area contributed by atoms with Gasteiger partial charge in [-0.05, 0) is 44.3 Å². The number of nitrogens with one attached hydrogen (secondary N) is 1. The van der Waals surface area contributed by atoms with Crippen LogP contribution in [0.4, 0.5) is 0 Å². The predicted octanol–water partition coefficient (Wildman–Crippen LogP) is 2.50. The Labute approximate surface area is 159 Å². The number of benzene rings is 1. The second kappa shape index (κ2) is 8.10. The molecule has 26 heavy (non-hydrogen) atoms. The molecule has 2 heterocycles. The first-order chi connectivity index (χ1) is 12.5. The molecule has 1 amide bonds. The fourth-order valence-corrected chi connectivity index (χ4v) is 3.39. The Balaban J connectivity index is 1.72. The molecule has 1 aliphatic rings. The van der Waals surface area contributed by atoms with E-state index in [0.717, 1.165) is 18.9 Å². The molecule has 1 aliphatic heterocycles. The summed E-state index contributed by atoms with van der Waals surface area (Å²) < 4.78 is 8.27. The maximum absolute atomic E-state index is 13.3. The van der Waals surface area contributed by atoms with Crippen LogP contribution in [-0.2, 0) is 11.3 Å². The number of aryl methyl sites for hydroxylation is 1. The number of carbonyl (C=O) groups excluding carboxylic acids is 1. The molecule has 1 fully saturated rings. The second-order valence-electron chi connectivity index (χ2n) is 6.69. The fourth-order valence-electron chi connectivity index (χ4n) is 3.27. The van der Waals surface area contributed by atoms with Gasteiger partial charge in [-0.1, -0.05) is 11.6 Å². The van der Waals surface area contributed by atoms with Crippen LogP contribution < -0.4 is 10.1 Å². The number of aromatic nitrogens is 2. The van der Waals surface area contributed by atoms with Crippen LogP contribution in [0.3, 0.4) is 0 Å². The monoisotopic (exact) mass is 376 g/mol. The molecule has 140 valence electrons. The third-order valence-electron chi connectivity index (χ3n) is 4.87. The third-order valence-corrected chi connectivity index (χ3v) is 5.13. The Bertz CT molecular complexity index is 738. The highest BCUT2D eigenvalue weighted by Gasteiger charge is 2.43. The standard InChI is InChI=1S/C19H25ClN4O2/c1-15-22-11-12-24(15)14-13-23(2)18(25)19(7-9-21-10-8-19)26-17-5-3-16(20)4-6-17/h3-6,11-12,21H,7-10,13-14H2,1-2H3. The molecule has 1 aromatic heterocycles. The van der Waals surface area contributed by atoms with E-state index in [2.05, 4.69) is 10.3 Å². The van der Waals surface area contributed by atoms with E-state index in [1.165, 1.54) is 0 Å². The van der Waals surface area contributed by atoms with E-state index in [1.54, 1.807) is 23.2 Å². The van der Waals surface area contributed by atoms with Crippen LogP contribution in [0.2, 0.25) is 5.02 Å². The molecule has 7 heteroatoms. The summed E-state index contributed by atoms with van der Waals surface area (Å²) >= 11 is 5.96. The van der Waals surface area contributed by atoms with E-state index in [-0.39, 0.29) is 5.91 Å². The lowest BCUT2D eigenvalue weighted by Crippen LogP contribution is -2.57. The number of amides is 1. The Kier molecular flexibility index (Phi) is 5.84. The van der Waals surface area contributed by atoms with Gasteiger partial charge in [-0.25, -0.2) is 4.98 Å². The third kappa shape index (κ3) is 4.19. The van der Waals surface area contributed by atoms with E-state index < -0.39 is 5.60 Å². The number of hydrogen-bond donors (Lipinski definition) is 1. The summed E-state index contributed by atoms with van der Waals surface area (Å²) in [5.74, 6) is 1.63. The summed E-state index contributed by atoms with van der Waals surface area (Å²) in [5, 5.41) is 3.95. The van der Waals surface area contributed by atoms with Gasteiger partial charge in [0.2, 0.25) is 0 Å². The highest BCUT2D eigenvalue weighted by Crippen LogP contribution is 2.29. The topological polar surface area (TPSA) is 59.4 Å². The molecule has 0 saturated carbocycles. The molecular weight excluding hydrogens is 352 g/mol. The van der Waals surface area contributed by atoms with E-state index in [0.29, 0.717) is 36.7 Å². The van der Waals surface area contributed by atoms with Crippen molar-refractivity contribution in [3.05, 3.63) is 47.5 Å². The van der Waals surface area contributed by atoms with Crippen LogP contribution in [0.15, 0.2) is 36.7 Å². The zero-order valence-corrected chi connectivity index (χ0v) is 16.0. The first kappa shape index (κ1) is 18.7. The minimum Gasteiger partial charge on any atom is -0.477 e. The number of ether oxygens (including phenoxy) is 1. The Morgan fingerprint density at radius 1 is 1.35 bits per heavy atom. The first-order valence-corrected chi connectivity index (χ1v) is 9.27. The van der Waals surface area contributed by atoms with Gasteiger partial charge >= 0.3 is 0 Å². The minimum atomic E-state index is -0.836. The van der Waals surface area contributed by atoms with Crippen LogP contribution in [0.5, 0.6) is 5.75 Å². The molecule has 0 bridgehead atoms. The number of piperidine rings is 1. The molecule has 0 radical (unpaired) electrons. The van der Waals surface area contributed by atoms with E-state index in [1.807, 2.05) is 36.9 Å². The Morgan fingerprint density at radius 3 is 2.65 bits per heavy atom. The van der Waals surface area contributed by atoms with E-state index >= 15 is 0 Å². The highest BCUT2D eigenvalue weighted by molar-refractivity contribution is 6.30. The van der Waals surface area contributed by atoms with Gasteiger partial charge in [0.25, 0.3) is 5.91 Å². The van der Waals surface area contributed by atoms with Crippen molar-refractivity contribution >= 4 is 17.5 Å². The number of hydrogen-bond acceptors (Lipinski definition) is 4. The van der Waals surface area contributed by atoms with E-state index in [4.69, 9.17) is 16.3 Å². The maximum atomic E-state index is 13.3. The lowest BCUT2D eigenvalue weighted by molar-refractivity contribution is -0.149. The quantitative estimate of drug-likeness (QED) is 0.841. The normalized spacial score (nSPS) is 16.3. The lowest BCUT2D eigenvalue weighted by atomic mass is 9.90. The first-order valence-electron chi connectivity index (χ1n) is 8.89. The van der Waals surface area contributed by atoms with Crippen molar-refractivity contribution in [2.24, 2.45) is 0 Å². The van der Waals surface area contributed by atoms with Crippen molar-refractivity contribution in [3.8, 4) is 5.75 Å². The van der Waals surface area contributed by atoms with Gasteiger partial charge in [-0.15, -0.1) is 0 Å². The molecule has 1 saturated heterocycles. The molecule has 1 N–H and O–H groups in total. The lowest BCUT2D eigenvalue weighted by Gasteiger charge is -2.39. The summed E-state index contributed by atoms with van der Waals surface area (Å²) in [7, 11) is 1.84. The zero-order chi connectivity index (χ0) is 18.6. The number of carbonyl (C=O) groups is 1. The van der Waals surface area contributed by atoms with Crippen molar-refractivity contribution in [1.82, 2.24) is 19.8 Å². The fraction of sp³-hybridized carbons (Fsp3) is 0.474. The molecule has 0 aliphatic carbocycles. The van der Waals surface area contributed by atoms with Gasteiger partial charge in [-0.2, -0.15) is 0 Å². The average molecular weight is 377 g/mol. The van der Waals surface area contributed by atoms with Gasteiger partial charge < -0.3 is 19.5 Å². The summed E-state index contributed by atoms with van der Waals surface area (Å²) in [6, 6.07) is 7.19. The molecule has 1 aromatic carbocycles. The molecule has 3 rings (SSSR count). The van der Waals surface area contributed by atoms with Crippen molar-refractivity contribution in [3.63, 3.8) is 0 Å². The number of imidazole rings is 1. The van der Waals surface area contributed by atoms with Crippen molar-refractivity contribution in [2.75, 3.05) is 26.7 Å². The van der Waals surface area contributed by atoms with Crippen LogP contribution in [0.25, 0.3) is 0 Å².